The second-order valence-electron chi connectivity index (χ2n) is 8.32. The summed E-state index contributed by atoms with van der Waals surface area (Å²) in [7, 11) is -3.51. The third-order valence-corrected chi connectivity index (χ3v) is 8.56. The summed E-state index contributed by atoms with van der Waals surface area (Å²) in [4.78, 5) is 3.33. The van der Waals surface area contributed by atoms with Gasteiger partial charge in [-0.15, -0.1) is 0 Å². The lowest BCUT2D eigenvalue weighted by atomic mass is 9.88. The van der Waals surface area contributed by atoms with Crippen LogP contribution in [0.5, 0.6) is 5.75 Å². The topological polar surface area (TPSA) is 46.6 Å². The van der Waals surface area contributed by atoms with E-state index in [2.05, 4.69) is 4.90 Å². The minimum absolute atomic E-state index is 0.318. The van der Waals surface area contributed by atoms with Crippen molar-refractivity contribution in [2.45, 2.75) is 66.3 Å². The van der Waals surface area contributed by atoms with Crippen LogP contribution in [0.1, 0.15) is 50.0 Å². The summed E-state index contributed by atoms with van der Waals surface area (Å²) in [6, 6.07) is 15.2. The Morgan fingerprint density at radius 1 is 0.893 bits per heavy atom. The molecule has 28 heavy (non-hydrogen) atoms. The second-order valence-corrected chi connectivity index (χ2v) is 10.3. The Bertz CT molecular complexity index is 951. The SMILES string of the molecule is O=S(=O)(c1ccccc1)c1ccc2c(c1)OCC1C2CCN1C1CCCCC1. The summed E-state index contributed by atoms with van der Waals surface area (Å²) in [5.74, 6) is 1.21. The number of fused-ring (bicyclic) bond motifs is 3. The molecule has 3 aliphatic rings. The first-order valence-corrected chi connectivity index (χ1v) is 12.0. The van der Waals surface area contributed by atoms with Crippen molar-refractivity contribution in [3.05, 3.63) is 54.1 Å². The number of nitrogens with zero attached hydrogens (tertiary/aromatic N) is 1. The van der Waals surface area contributed by atoms with Gasteiger partial charge in [0, 0.05) is 12.0 Å². The van der Waals surface area contributed by atoms with Crippen LogP contribution < -0.4 is 4.74 Å². The van der Waals surface area contributed by atoms with Crippen LogP contribution >= 0.6 is 0 Å². The van der Waals surface area contributed by atoms with E-state index in [1.54, 1.807) is 36.4 Å². The summed E-state index contributed by atoms with van der Waals surface area (Å²) in [6.07, 6.45) is 7.82. The van der Waals surface area contributed by atoms with Crippen LogP contribution in [0.15, 0.2) is 58.3 Å². The molecule has 0 aromatic heterocycles. The van der Waals surface area contributed by atoms with Crippen molar-refractivity contribution < 1.29 is 13.2 Å². The number of hydrogen-bond donors (Lipinski definition) is 0. The molecule has 2 atom stereocenters. The molecule has 0 N–H and O–H groups in total. The van der Waals surface area contributed by atoms with E-state index in [1.807, 2.05) is 12.1 Å². The monoisotopic (exact) mass is 397 g/mol. The van der Waals surface area contributed by atoms with Crippen LogP contribution in [0.3, 0.4) is 0 Å². The quantitative estimate of drug-likeness (QED) is 0.770. The smallest absolute Gasteiger partial charge is 0.206 e. The maximum Gasteiger partial charge on any atom is 0.206 e. The first kappa shape index (κ1) is 18.2. The van der Waals surface area contributed by atoms with Crippen molar-refractivity contribution in [3.63, 3.8) is 0 Å². The maximum absolute atomic E-state index is 12.9. The normalized spacial score (nSPS) is 25.7. The van der Waals surface area contributed by atoms with E-state index in [-0.39, 0.29) is 0 Å². The number of benzene rings is 2. The van der Waals surface area contributed by atoms with Crippen molar-refractivity contribution in [3.8, 4) is 5.75 Å². The molecule has 2 aromatic rings. The van der Waals surface area contributed by atoms with Gasteiger partial charge in [-0.1, -0.05) is 43.5 Å². The first-order valence-electron chi connectivity index (χ1n) is 10.5. The third-order valence-electron chi connectivity index (χ3n) is 6.79. The molecule has 0 bridgehead atoms. The highest BCUT2D eigenvalue weighted by Crippen LogP contribution is 2.45. The Morgan fingerprint density at radius 2 is 1.68 bits per heavy atom. The maximum atomic E-state index is 12.9. The molecule has 2 fully saturated rings. The van der Waals surface area contributed by atoms with Crippen LogP contribution in [0, 0.1) is 0 Å². The van der Waals surface area contributed by atoms with Gasteiger partial charge in [0.25, 0.3) is 0 Å². The van der Waals surface area contributed by atoms with Gasteiger partial charge in [0.15, 0.2) is 0 Å². The summed E-state index contributed by atoms with van der Waals surface area (Å²) in [5, 5.41) is 0. The Labute approximate surface area is 167 Å². The Hall–Kier alpha value is -1.85. The zero-order valence-corrected chi connectivity index (χ0v) is 16.9. The molecule has 2 aliphatic heterocycles. The molecule has 2 aromatic carbocycles. The van der Waals surface area contributed by atoms with Gasteiger partial charge in [-0.3, -0.25) is 4.90 Å². The fraction of sp³-hybridized carbons (Fsp3) is 0.478. The first-order chi connectivity index (χ1) is 13.6. The summed E-state index contributed by atoms with van der Waals surface area (Å²) in [5.41, 5.74) is 1.18. The van der Waals surface area contributed by atoms with Gasteiger partial charge >= 0.3 is 0 Å². The molecule has 148 valence electrons. The van der Waals surface area contributed by atoms with Crippen LogP contribution in [-0.2, 0) is 9.84 Å². The number of ether oxygens (including phenoxy) is 1. The third kappa shape index (κ3) is 3.05. The fourth-order valence-electron chi connectivity index (χ4n) is 5.34. The second kappa shape index (κ2) is 7.20. The van der Waals surface area contributed by atoms with E-state index in [1.165, 1.54) is 37.7 Å². The zero-order valence-electron chi connectivity index (χ0n) is 16.1. The van der Waals surface area contributed by atoms with Gasteiger partial charge in [0.2, 0.25) is 9.84 Å². The number of hydrogen-bond acceptors (Lipinski definition) is 4. The molecule has 0 spiro atoms. The Morgan fingerprint density at radius 3 is 2.46 bits per heavy atom. The van der Waals surface area contributed by atoms with Crippen molar-refractivity contribution in [1.82, 2.24) is 4.90 Å². The molecule has 5 rings (SSSR count). The molecule has 1 saturated carbocycles. The Balaban J connectivity index is 1.42. The largest absolute Gasteiger partial charge is 0.492 e. The van der Waals surface area contributed by atoms with Crippen LogP contribution in [0.25, 0.3) is 0 Å². The molecular formula is C23H27NO3S. The molecule has 4 nitrogen and oxygen atoms in total. The molecule has 2 unspecified atom stereocenters. The molecule has 5 heteroatoms. The highest BCUT2D eigenvalue weighted by atomic mass is 32.2. The van der Waals surface area contributed by atoms with E-state index in [0.717, 1.165) is 18.7 Å². The predicted molar refractivity (Wildman–Crippen MR) is 109 cm³/mol. The fourth-order valence-corrected chi connectivity index (χ4v) is 6.64. The van der Waals surface area contributed by atoms with E-state index in [9.17, 15) is 8.42 Å². The van der Waals surface area contributed by atoms with Gasteiger partial charge in [-0.05, 0) is 55.6 Å². The van der Waals surface area contributed by atoms with Gasteiger partial charge in [0.05, 0.1) is 15.8 Å². The molecule has 1 aliphatic carbocycles. The predicted octanol–water partition coefficient (Wildman–Crippen LogP) is 4.40. The standard InChI is InChI=1S/C23H27NO3S/c25-28(26,18-9-5-2-6-10-18)19-11-12-21-20-13-14-24(17-7-3-1-4-8-17)22(20)16-27-23(21)15-19/h2,5-6,9-12,15,17,20,22H,1,3-4,7-8,13-14,16H2. The molecule has 0 radical (unpaired) electrons. The van der Waals surface area contributed by atoms with Crippen molar-refractivity contribution in [2.75, 3.05) is 13.2 Å². The van der Waals surface area contributed by atoms with E-state index >= 15 is 0 Å². The van der Waals surface area contributed by atoms with Crippen LogP contribution in [0.4, 0.5) is 0 Å². The lowest BCUT2D eigenvalue weighted by molar-refractivity contribution is 0.0903. The van der Waals surface area contributed by atoms with E-state index in [0.29, 0.717) is 34.4 Å². The molecular weight excluding hydrogens is 370 g/mol. The summed E-state index contributed by atoms with van der Waals surface area (Å²) in [6.45, 7) is 1.80. The molecule has 2 heterocycles. The van der Waals surface area contributed by atoms with Crippen molar-refractivity contribution in [1.29, 1.82) is 0 Å². The highest BCUT2D eigenvalue weighted by Gasteiger charge is 2.43. The minimum Gasteiger partial charge on any atom is -0.492 e. The van der Waals surface area contributed by atoms with Crippen molar-refractivity contribution >= 4 is 9.84 Å². The lowest BCUT2D eigenvalue weighted by Gasteiger charge is -2.39. The lowest BCUT2D eigenvalue weighted by Crippen LogP contribution is -2.45. The summed E-state index contributed by atoms with van der Waals surface area (Å²) >= 11 is 0. The number of likely N-dealkylation sites (tertiary alicyclic amines) is 1. The van der Waals surface area contributed by atoms with E-state index in [4.69, 9.17) is 4.74 Å². The highest BCUT2D eigenvalue weighted by molar-refractivity contribution is 7.91. The average Bonchev–Trinajstić information content (AvgIpc) is 3.19. The Kier molecular flexibility index (Phi) is 4.68. The van der Waals surface area contributed by atoms with Gasteiger partial charge in [-0.2, -0.15) is 0 Å². The van der Waals surface area contributed by atoms with Crippen molar-refractivity contribution in [2.24, 2.45) is 0 Å². The van der Waals surface area contributed by atoms with Gasteiger partial charge < -0.3 is 4.74 Å². The number of rotatable bonds is 3. The zero-order chi connectivity index (χ0) is 19.1. The molecule has 1 saturated heterocycles. The van der Waals surface area contributed by atoms with Crippen LogP contribution in [0.2, 0.25) is 0 Å². The number of sulfone groups is 1. The van der Waals surface area contributed by atoms with Crippen LogP contribution in [-0.4, -0.2) is 38.6 Å². The average molecular weight is 398 g/mol. The molecule has 0 amide bonds. The van der Waals surface area contributed by atoms with Gasteiger partial charge in [0.1, 0.15) is 12.4 Å². The van der Waals surface area contributed by atoms with E-state index < -0.39 is 9.84 Å². The van der Waals surface area contributed by atoms with Gasteiger partial charge in [-0.25, -0.2) is 8.42 Å². The summed E-state index contributed by atoms with van der Waals surface area (Å²) < 4.78 is 32.0. The minimum atomic E-state index is -3.51.